The molecule has 0 rings (SSSR count). The van der Waals surface area contributed by atoms with Crippen molar-refractivity contribution in [3.05, 3.63) is 146 Å². The zero-order chi connectivity index (χ0) is 49.2. The third kappa shape index (κ3) is 54.4. The zero-order valence-electron chi connectivity index (χ0n) is 43.6. The number of carbonyl (C=O) groups excluding carboxylic acids is 2. The van der Waals surface area contributed by atoms with Crippen LogP contribution in [0.25, 0.3) is 0 Å². The lowest BCUT2D eigenvalue weighted by molar-refractivity contribution is -0.161. The normalized spacial score (nSPS) is 13.4. The van der Waals surface area contributed by atoms with Crippen molar-refractivity contribution in [2.45, 2.75) is 225 Å². The number of carbonyl (C=O) groups is 2. The summed E-state index contributed by atoms with van der Waals surface area (Å²) >= 11 is 0. The molecule has 1 N–H and O–H groups in total. The Morgan fingerprint density at radius 3 is 0.897 bits per heavy atom. The minimum absolute atomic E-state index is 0.0883. The highest BCUT2D eigenvalue weighted by Crippen LogP contribution is 2.14. The molecule has 1 unspecified atom stereocenters. The second-order valence-corrected chi connectivity index (χ2v) is 17.5. The van der Waals surface area contributed by atoms with E-state index in [0.717, 1.165) is 122 Å². The molecule has 0 spiro atoms. The van der Waals surface area contributed by atoms with E-state index in [4.69, 9.17) is 9.47 Å². The minimum atomic E-state index is -0.793. The van der Waals surface area contributed by atoms with Crippen LogP contribution in [0.1, 0.15) is 219 Å². The standard InChI is InChI=1S/C63H100O5/c1-3-5-7-9-11-13-15-17-18-19-20-21-22-23-24-25-26-27-28-29-30-31-32-33-34-35-36-37-38-39-40-41-42-43-44-46-48-50-52-54-56-58-63(66)68-61(59-64)60-67-62(65)57-55-53-51-49-47-45-16-14-12-10-8-6-4-2/h5-8,11-14,17-18,20-21,23-24,26-27,29-30,32-33,35-36,45,47,61,64H,3-4,9-10,15-16,19,22,25,28,31,34,37-44,46,48-60H2,1-2H3/b7-5-,8-6-,13-11-,14-12-,18-17-,21-20-,24-23-,27-26-,30-29-,33-32-,36-35-,47-45-. The summed E-state index contributed by atoms with van der Waals surface area (Å²) in [5.41, 5.74) is 0. The summed E-state index contributed by atoms with van der Waals surface area (Å²) in [4.78, 5) is 24.4. The van der Waals surface area contributed by atoms with Crippen molar-refractivity contribution >= 4 is 11.9 Å². The summed E-state index contributed by atoms with van der Waals surface area (Å²) < 4.78 is 10.6. The van der Waals surface area contributed by atoms with Crippen LogP contribution in [0, 0.1) is 0 Å². The quantitative estimate of drug-likeness (QED) is 0.0374. The Hall–Kier alpha value is -4.22. The number of ether oxygens (including phenoxy) is 2. The Morgan fingerprint density at radius 2 is 0.588 bits per heavy atom. The topological polar surface area (TPSA) is 72.8 Å². The Bertz CT molecular complexity index is 1480. The van der Waals surface area contributed by atoms with Gasteiger partial charge < -0.3 is 14.6 Å². The molecule has 5 nitrogen and oxygen atoms in total. The predicted octanol–water partition coefficient (Wildman–Crippen LogP) is 18.6. The maximum atomic E-state index is 12.3. The first-order chi connectivity index (χ1) is 33.6. The van der Waals surface area contributed by atoms with Gasteiger partial charge in [-0.05, 0) is 116 Å². The highest BCUT2D eigenvalue weighted by molar-refractivity contribution is 5.70. The van der Waals surface area contributed by atoms with Gasteiger partial charge in [0.1, 0.15) is 6.61 Å². The molecule has 0 aromatic heterocycles. The fourth-order valence-electron chi connectivity index (χ4n) is 7.09. The highest BCUT2D eigenvalue weighted by Gasteiger charge is 2.16. The summed E-state index contributed by atoms with van der Waals surface area (Å²) in [6, 6.07) is 0. The lowest BCUT2D eigenvalue weighted by Gasteiger charge is -2.15. The summed E-state index contributed by atoms with van der Waals surface area (Å²) in [5, 5.41) is 9.61. The van der Waals surface area contributed by atoms with Crippen LogP contribution in [-0.2, 0) is 19.1 Å². The number of allylic oxidation sites excluding steroid dienone is 24. The first-order valence-electron chi connectivity index (χ1n) is 27.4. The molecule has 0 heterocycles. The molecular formula is C63H100O5. The van der Waals surface area contributed by atoms with Crippen LogP contribution in [0.3, 0.4) is 0 Å². The van der Waals surface area contributed by atoms with Crippen LogP contribution in [0.15, 0.2) is 146 Å². The third-order valence-corrected chi connectivity index (χ3v) is 11.1. The van der Waals surface area contributed by atoms with Gasteiger partial charge in [-0.3, -0.25) is 9.59 Å². The van der Waals surface area contributed by atoms with Gasteiger partial charge in [0.25, 0.3) is 0 Å². The minimum Gasteiger partial charge on any atom is -0.462 e. The van der Waals surface area contributed by atoms with Crippen LogP contribution in [0.4, 0.5) is 0 Å². The summed E-state index contributed by atoms with van der Waals surface area (Å²) in [5.74, 6) is -0.635. The van der Waals surface area contributed by atoms with Crippen molar-refractivity contribution in [2.24, 2.45) is 0 Å². The molecular weight excluding hydrogens is 837 g/mol. The van der Waals surface area contributed by atoms with Crippen LogP contribution < -0.4 is 0 Å². The summed E-state index contributed by atoms with van der Waals surface area (Å²) in [7, 11) is 0. The van der Waals surface area contributed by atoms with Crippen LogP contribution >= 0.6 is 0 Å². The Balaban J connectivity index is 3.56. The number of hydrogen-bond acceptors (Lipinski definition) is 5. The van der Waals surface area contributed by atoms with E-state index in [1.807, 2.05) is 0 Å². The Labute approximate surface area is 418 Å². The monoisotopic (exact) mass is 937 g/mol. The van der Waals surface area contributed by atoms with E-state index in [9.17, 15) is 14.7 Å². The average Bonchev–Trinajstić information content (AvgIpc) is 3.34. The second kappa shape index (κ2) is 57.1. The maximum absolute atomic E-state index is 12.3. The smallest absolute Gasteiger partial charge is 0.306 e. The molecule has 0 aliphatic carbocycles. The van der Waals surface area contributed by atoms with E-state index in [1.165, 1.54) is 70.6 Å². The van der Waals surface area contributed by atoms with Gasteiger partial charge in [0.2, 0.25) is 0 Å². The highest BCUT2D eigenvalue weighted by atomic mass is 16.6. The van der Waals surface area contributed by atoms with E-state index < -0.39 is 6.10 Å². The fourth-order valence-corrected chi connectivity index (χ4v) is 7.09. The lowest BCUT2D eigenvalue weighted by atomic mass is 10.0. The molecule has 0 radical (unpaired) electrons. The van der Waals surface area contributed by atoms with Gasteiger partial charge in [-0.1, -0.05) is 237 Å². The van der Waals surface area contributed by atoms with Crippen molar-refractivity contribution < 1.29 is 24.2 Å². The molecule has 0 aliphatic rings. The molecule has 0 saturated carbocycles. The zero-order valence-corrected chi connectivity index (χ0v) is 43.6. The summed E-state index contributed by atoms with van der Waals surface area (Å²) in [6.07, 6.45) is 86.8. The van der Waals surface area contributed by atoms with Crippen molar-refractivity contribution in [3.63, 3.8) is 0 Å². The number of esters is 2. The van der Waals surface area contributed by atoms with Gasteiger partial charge in [-0.2, -0.15) is 0 Å². The van der Waals surface area contributed by atoms with Gasteiger partial charge in [0, 0.05) is 12.8 Å². The second-order valence-electron chi connectivity index (χ2n) is 17.5. The average molecular weight is 937 g/mol. The van der Waals surface area contributed by atoms with Crippen molar-refractivity contribution in [1.82, 2.24) is 0 Å². The fraction of sp³-hybridized carbons (Fsp3) is 0.587. The molecule has 382 valence electrons. The van der Waals surface area contributed by atoms with Gasteiger partial charge in [-0.25, -0.2) is 0 Å². The first-order valence-corrected chi connectivity index (χ1v) is 27.4. The Kier molecular flexibility index (Phi) is 53.6. The van der Waals surface area contributed by atoms with Gasteiger partial charge in [0.05, 0.1) is 6.61 Å². The number of rotatable bonds is 48. The number of hydrogen-bond donors (Lipinski definition) is 1. The molecule has 68 heavy (non-hydrogen) atoms. The molecule has 0 fully saturated rings. The number of aliphatic hydroxyl groups excluding tert-OH is 1. The number of unbranched alkanes of at least 4 members (excludes halogenated alkanes) is 16. The van der Waals surface area contributed by atoms with E-state index in [-0.39, 0.29) is 25.2 Å². The lowest BCUT2D eigenvalue weighted by Crippen LogP contribution is -2.28. The van der Waals surface area contributed by atoms with Crippen LogP contribution in [0.2, 0.25) is 0 Å². The Morgan fingerprint density at radius 1 is 0.338 bits per heavy atom. The molecule has 1 atom stereocenters. The van der Waals surface area contributed by atoms with Crippen LogP contribution in [-0.4, -0.2) is 36.4 Å². The molecule has 0 bridgehead atoms. The van der Waals surface area contributed by atoms with E-state index in [2.05, 4.69) is 160 Å². The molecule has 0 amide bonds. The SMILES string of the molecule is CC/C=C\C/C=C\C/C=C\C/C=C\C/C=C\C/C=C\C/C=C\C/C=C\C/C=C\CCCCCCCCCCCCCCCC(=O)OC(CO)COC(=O)CCCCC/C=C\C/C=C\C/C=C\CC. The van der Waals surface area contributed by atoms with Crippen molar-refractivity contribution in [2.75, 3.05) is 13.2 Å². The maximum Gasteiger partial charge on any atom is 0.306 e. The molecule has 5 heteroatoms. The first kappa shape index (κ1) is 63.8. The molecule has 0 aromatic carbocycles. The van der Waals surface area contributed by atoms with E-state index in [1.54, 1.807) is 0 Å². The van der Waals surface area contributed by atoms with E-state index in [0.29, 0.717) is 12.8 Å². The summed E-state index contributed by atoms with van der Waals surface area (Å²) in [6.45, 7) is 3.87. The molecule has 0 aliphatic heterocycles. The van der Waals surface area contributed by atoms with Gasteiger partial charge in [-0.15, -0.1) is 0 Å². The molecule has 0 aromatic rings. The third-order valence-electron chi connectivity index (χ3n) is 11.1. The van der Waals surface area contributed by atoms with Gasteiger partial charge in [0.15, 0.2) is 6.10 Å². The van der Waals surface area contributed by atoms with Gasteiger partial charge >= 0.3 is 11.9 Å². The van der Waals surface area contributed by atoms with Crippen molar-refractivity contribution in [1.29, 1.82) is 0 Å². The van der Waals surface area contributed by atoms with E-state index >= 15 is 0 Å². The largest absolute Gasteiger partial charge is 0.462 e. The van der Waals surface area contributed by atoms with Crippen molar-refractivity contribution in [3.8, 4) is 0 Å². The molecule has 0 saturated heterocycles. The predicted molar refractivity (Wildman–Crippen MR) is 297 cm³/mol. The number of aliphatic hydroxyl groups is 1. The van der Waals surface area contributed by atoms with Crippen LogP contribution in [0.5, 0.6) is 0 Å².